The SMILES string of the molecule is CC[C@H](C)CN(C)CC(O)C(Cc1ccccc1)NC(=O)C1(C(N)=O)CC1. The largest absolute Gasteiger partial charge is 0.390 e. The lowest BCUT2D eigenvalue weighted by Crippen LogP contribution is -2.53. The van der Waals surface area contributed by atoms with Crippen LogP contribution in [0.3, 0.4) is 0 Å². The summed E-state index contributed by atoms with van der Waals surface area (Å²) in [6.07, 6.45) is 1.80. The van der Waals surface area contributed by atoms with E-state index in [1.807, 2.05) is 37.4 Å². The van der Waals surface area contributed by atoms with Crippen LogP contribution in [0.15, 0.2) is 30.3 Å². The number of amides is 2. The average Bonchev–Trinajstić information content (AvgIpc) is 3.43. The van der Waals surface area contributed by atoms with Gasteiger partial charge in [0.15, 0.2) is 0 Å². The molecule has 3 atom stereocenters. The molecule has 150 valence electrons. The standard InChI is InChI=1S/C21H33N3O3/c1-4-15(2)13-24(3)14-18(25)17(12-16-8-6-5-7-9-16)23-20(27)21(10-11-21)19(22)26/h5-9,15,17-18,25H,4,10-14H2,1-3H3,(H2,22,26)(H,23,27)/t15-,17?,18?/m0/s1. The number of nitrogens with zero attached hydrogens (tertiary/aromatic N) is 1. The number of hydrogen-bond acceptors (Lipinski definition) is 4. The number of hydrogen-bond donors (Lipinski definition) is 3. The fourth-order valence-corrected chi connectivity index (χ4v) is 3.35. The van der Waals surface area contributed by atoms with Gasteiger partial charge in [0.2, 0.25) is 11.8 Å². The van der Waals surface area contributed by atoms with Crippen LogP contribution in [0.1, 0.15) is 38.7 Å². The Morgan fingerprint density at radius 3 is 2.41 bits per heavy atom. The third kappa shape index (κ3) is 5.78. The highest BCUT2D eigenvalue weighted by Crippen LogP contribution is 2.45. The maximum Gasteiger partial charge on any atom is 0.236 e. The summed E-state index contributed by atoms with van der Waals surface area (Å²) in [6, 6.07) is 9.25. The summed E-state index contributed by atoms with van der Waals surface area (Å²) in [5.74, 6) is -0.407. The molecular formula is C21H33N3O3. The van der Waals surface area contributed by atoms with Crippen molar-refractivity contribution in [2.24, 2.45) is 17.1 Å². The molecule has 1 aliphatic rings. The smallest absolute Gasteiger partial charge is 0.236 e. The molecule has 1 saturated carbocycles. The van der Waals surface area contributed by atoms with Crippen LogP contribution in [0.4, 0.5) is 0 Å². The summed E-state index contributed by atoms with van der Waals surface area (Å²) < 4.78 is 0. The fraction of sp³-hybridized carbons (Fsp3) is 0.619. The van der Waals surface area contributed by atoms with Gasteiger partial charge in [0, 0.05) is 13.1 Å². The van der Waals surface area contributed by atoms with E-state index in [1.165, 1.54) is 0 Å². The van der Waals surface area contributed by atoms with Crippen molar-refractivity contribution in [1.82, 2.24) is 10.2 Å². The summed E-state index contributed by atoms with van der Waals surface area (Å²) in [4.78, 5) is 26.4. The Morgan fingerprint density at radius 2 is 1.89 bits per heavy atom. The topological polar surface area (TPSA) is 95.7 Å². The van der Waals surface area contributed by atoms with E-state index in [2.05, 4.69) is 24.1 Å². The van der Waals surface area contributed by atoms with E-state index in [0.29, 0.717) is 31.7 Å². The molecule has 1 aromatic rings. The molecule has 1 fully saturated rings. The number of benzene rings is 1. The Bertz CT molecular complexity index is 631. The highest BCUT2D eigenvalue weighted by atomic mass is 16.3. The predicted molar refractivity (Wildman–Crippen MR) is 106 cm³/mol. The summed E-state index contributed by atoms with van der Waals surface area (Å²) in [5, 5.41) is 13.7. The molecule has 6 heteroatoms. The number of aliphatic hydroxyl groups excluding tert-OH is 1. The predicted octanol–water partition coefficient (Wildman–Crippen LogP) is 1.32. The molecule has 0 aromatic heterocycles. The average molecular weight is 376 g/mol. The Kier molecular flexibility index (Phi) is 7.39. The van der Waals surface area contributed by atoms with Gasteiger partial charge in [0.25, 0.3) is 0 Å². The first-order chi connectivity index (χ1) is 12.8. The quantitative estimate of drug-likeness (QED) is 0.508. The van der Waals surface area contributed by atoms with Crippen molar-refractivity contribution in [1.29, 1.82) is 0 Å². The van der Waals surface area contributed by atoms with Crippen molar-refractivity contribution in [2.45, 2.75) is 51.7 Å². The molecular weight excluding hydrogens is 342 g/mol. The number of rotatable bonds is 11. The van der Waals surface area contributed by atoms with E-state index in [-0.39, 0.29) is 5.91 Å². The van der Waals surface area contributed by atoms with Crippen molar-refractivity contribution in [3.63, 3.8) is 0 Å². The molecule has 2 amide bonds. The normalized spacial score (nSPS) is 18.6. The van der Waals surface area contributed by atoms with Crippen LogP contribution >= 0.6 is 0 Å². The highest BCUT2D eigenvalue weighted by molar-refractivity contribution is 6.07. The zero-order valence-corrected chi connectivity index (χ0v) is 16.6. The molecule has 0 radical (unpaired) electrons. The molecule has 0 saturated heterocycles. The van der Waals surface area contributed by atoms with Crippen LogP contribution in [0, 0.1) is 11.3 Å². The zero-order chi connectivity index (χ0) is 20.0. The number of carbonyl (C=O) groups is 2. The van der Waals surface area contributed by atoms with Crippen LogP contribution in [-0.2, 0) is 16.0 Å². The van der Waals surface area contributed by atoms with Gasteiger partial charge in [-0.25, -0.2) is 0 Å². The lowest BCUT2D eigenvalue weighted by atomic mass is 9.98. The van der Waals surface area contributed by atoms with Gasteiger partial charge in [0.1, 0.15) is 5.41 Å². The molecule has 2 unspecified atom stereocenters. The van der Waals surface area contributed by atoms with E-state index in [4.69, 9.17) is 5.73 Å². The molecule has 0 spiro atoms. The van der Waals surface area contributed by atoms with Gasteiger partial charge in [-0.1, -0.05) is 50.6 Å². The lowest BCUT2D eigenvalue weighted by molar-refractivity contribution is -0.136. The van der Waals surface area contributed by atoms with Crippen LogP contribution < -0.4 is 11.1 Å². The molecule has 0 heterocycles. The van der Waals surface area contributed by atoms with Gasteiger partial charge in [-0.2, -0.15) is 0 Å². The Hall–Kier alpha value is -1.92. The van der Waals surface area contributed by atoms with E-state index in [0.717, 1.165) is 18.5 Å². The highest BCUT2D eigenvalue weighted by Gasteiger charge is 2.55. The van der Waals surface area contributed by atoms with Crippen molar-refractivity contribution in [3.8, 4) is 0 Å². The number of aliphatic hydroxyl groups is 1. The van der Waals surface area contributed by atoms with Crippen LogP contribution in [0.5, 0.6) is 0 Å². The zero-order valence-electron chi connectivity index (χ0n) is 16.6. The van der Waals surface area contributed by atoms with Gasteiger partial charge in [0.05, 0.1) is 12.1 Å². The second-order valence-corrected chi connectivity index (χ2v) is 8.02. The molecule has 4 N–H and O–H groups in total. The number of likely N-dealkylation sites (N-methyl/N-ethyl adjacent to an activating group) is 1. The summed E-state index contributed by atoms with van der Waals surface area (Å²) in [7, 11) is 1.97. The minimum atomic E-state index is -1.09. The molecule has 0 aliphatic heterocycles. The first-order valence-corrected chi connectivity index (χ1v) is 9.80. The van der Waals surface area contributed by atoms with E-state index in [9.17, 15) is 14.7 Å². The summed E-state index contributed by atoms with van der Waals surface area (Å²) in [5.41, 5.74) is 5.36. The molecule has 2 rings (SSSR count). The molecule has 1 aromatic carbocycles. The van der Waals surface area contributed by atoms with Crippen molar-refractivity contribution in [3.05, 3.63) is 35.9 Å². The van der Waals surface area contributed by atoms with E-state index < -0.39 is 23.5 Å². The van der Waals surface area contributed by atoms with Crippen molar-refractivity contribution >= 4 is 11.8 Å². The maximum atomic E-state index is 12.6. The van der Waals surface area contributed by atoms with Crippen LogP contribution in [0.2, 0.25) is 0 Å². The van der Waals surface area contributed by atoms with E-state index >= 15 is 0 Å². The van der Waals surface area contributed by atoms with Gasteiger partial charge in [-0.15, -0.1) is 0 Å². The summed E-state index contributed by atoms with van der Waals surface area (Å²) >= 11 is 0. The minimum absolute atomic E-state index is 0.362. The summed E-state index contributed by atoms with van der Waals surface area (Å²) in [6.45, 7) is 5.65. The lowest BCUT2D eigenvalue weighted by Gasteiger charge is -2.30. The van der Waals surface area contributed by atoms with Crippen LogP contribution in [0.25, 0.3) is 0 Å². The Morgan fingerprint density at radius 1 is 1.26 bits per heavy atom. The Labute approximate surface area is 162 Å². The second-order valence-electron chi connectivity index (χ2n) is 8.02. The van der Waals surface area contributed by atoms with Crippen LogP contribution in [-0.4, -0.2) is 54.1 Å². The van der Waals surface area contributed by atoms with Crippen molar-refractivity contribution in [2.75, 3.05) is 20.1 Å². The first kappa shape index (κ1) is 21.4. The number of carbonyl (C=O) groups excluding carboxylic acids is 2. The number of nitrogens with one attached hydrogen (secondary N) is 1. The van der Waals surface area contributed by atoms with Gasteiger partial charge in [-0.05, 0) is 37.8 Å². The first-order valence-electron chi connectivity index (χ1n) is 9.80. The minimum Gasteiger partial charge on any atom is -0.390 e. The number of nitrogens with two attached hydrogens (primary N) is 1. The Balaban J connectivity index is 2.07. The molecule has 0 bridgehead atoms. The molecule has 6 nitrogen and oxygen atoms in total. The number of primary amides is 1. The van der Waals surface area contributed by atoms with Gasteiger partial charge < -0.3 is 21.1 Å². The third-order valence-corrected chi connectivity index (χ3v) is 5.55. The second kappa shape index (κ2) is 9.33. The van der Waals surface area contributed by atoms with Gasteiger partial charge >= 0.3 is 0 Å². The maximum absolute atomic E-state index is 12.6. The van der Waals surface area contributed by atoms with E-state index in [1.54, 1.807) is 0 Å². The monoisotopic (exact) mass is 375 g/mol. The molecule has 27 heavy (non-hydrogen) atoms. The third-order valence-electron chi connectivity index (χ3n) is 5.55. The van der Waals surface area contributed by atoms with Crippen molar-refractivity contribution < 1.29 is 14.7 Å². The fourth-order valence-electron chi connectivity index (χ4n) is 3.35. The molecule has 1 aliphatic carbocycles. The van der Waals surface area contributed by atoms with Gasteiger partial charge in [-0.3, -0.25) is 9.59 Å².